The van der Waals surface area contributed by atoms with E-state index in [2.05, 4.69) is 21.2 Å². The SMILES string of the molecule is COc1ccc(NC(C)c2ccc(F)cc2Br)cc1OC. The third kappa shape index (κ3) is 3.67. The van der Waals surface area contributed by atoms with Gasteiger partial charge in [-0.15, -0.1) is 0 Å². The quantitative estimate of drug-likeness (QED) is 0.838. The Hall–Kier alpha value is -1.75. The summed E-state index contributed by atoms with van der Waals surface area (Å²) in [6, 6.07) is 10.3. The number of hydrogen-bond acceptors (Lipinski definition) is 3. The fourth-order valence-electron chi connectivity index (χ4n) is 2.11. The Kier molecular flexibility index (Phi) is 5.07. The van der Waals surface area contributed by atoms with Crippen molar-refractivity contribution in [1.29, 1.82) is 0 Å². The Balaban J connectivity index is 2.21. The molecule has 0 aliphatic rings. The molecule has 0 amide bonds. The highest BCUT2D eigenvalue weighted by Crippen LogP contribution is 2.32. The lowest BCUT2D eigenvalue weighted by atomic mass is 10.1. The van der Waals surface area contributed by atoms with Gasteiger partial charge in [0.05, 0.1) is 14.2 Å². The summed E-state index contributed by atoms with van der Waals surface area (Å²) < 4.78 is 24.4. The molecule has 21 heavy (non-hydrogen) atoms. The van der Waals surface area contributed by atoms with E-state index in [1.807, 2.05) is 25.1 Å². The van der Waals surface area contributed by atoms with Gasteiger partial charge in [0, 0.05) is 22.3 Å². The molecule has 1 unspecified atom stereocenters. The Labute approximate surface area is 132 Å². The maximum atomic E-state index is 13.1. The molecule has 0 saturated heterocycles. The second-order valence-corrected chi connectivity index (χ2v) is 5.46. The molecular formula is C16H17BrFNO2. The van der Waals surface area contributed by atoms with Crippen LogP contribution >= 0.6 is 15.9 Å². The highest BCUT2D eigenvalue weighted by Gasteiger charge is 2.11. The van der Waals surface area contributed by atoms with E-state index >= 15 is 0 Å². The van der Waals surface area contributed by atoms with Gasteiger partial charge in [-0.3, -0.25) is 0 Å². The second kappa shape index (κ2) is 6.80. The van der Waals surface area contributed by atoms with Crippen molar-refractivity contribution in [3.8, 4) is 11.5 Å². The topological polar surface area (TPSA) is 30.5 Å². The molecule has 2 rings (SSSR count). The summed E-state index contributed by atoms with van der Waals surface area (Å²) >= 11 is 3.39. The number of benzene rings is 2. The molecule has 0 spiro atoms. The summed E-state index contributed by atoms with van der Waals surface area (Å²) in [5.41, 5.74) is 1.88. The Morgan fingerprint density at radius 2 is 1.76 bits per heavy atom. The lowest BCUT2D eigenvalue weighted by Crippen LogP contribution is -2.07. The molecule has 0 bridgehead atoms. The van der Waals surface area contributed by atoms with Gasteiger partial charge in [0.1, 0.15) is 5.82 Å². The monoisotopic (exact) mass is 353 g/mol. The molecule has 0 fully saturated rings. The highest BCUT2D eigenvalue weighted by molar-refractivity contribution is 9.10. The summed E-state index contributed by atoms with van der Waals surface area (Å²) in [6.07, 6.45) is 0. The van der Waals surface area contributed by atoms with E-state index in [0.717, 1.165) is 15.7 Å². The standard InChI is InChI=1S/C16H17BrFNO2/c1-10(13-6-4-11(18)8-14(13)17)19-12-5-7-15(20-2)16(9-12)21-3/h4-10,19H,1-3H3. The first-order valence-electron chi connectivity index (χ1n) is 6.48. The van der Waals surface area contributed by atoms with Crippen LogP contribution in [0.15, 0.2) is 40.9 Å². The molecule has 112 valence electrons. The number of nitrogens with one attached hydrogen (secondary N) is 1. The predicted octanol–water partition coefficient (Wildman–Crippen LogP) is 4.78. The zero-order chi connectivity index (χ0) is 15.4. The molecule has 1 atom stereocenters. The number of methoxy groups -OCH3 is 2. The minimum Gasteiger partial charge on any atom is -0.493 e. The van der Waals surface area contributed by atoms with Crippen LogP contribution in [0.4, 0.5) is 10.1 Å². The zero-order valence-electron chi connectivity index (χ0n) is 12.1. The van der Waals surface area contributed by atoms with Crippen molar-refractivity contribution >= 4 is 21.6 Å². The molecular weight excluding hydrogens is 337 g/mol. The van der Waals surface area contributed by atoms with E-state index < -0.39 is 0 Å². The molecule has 0 heterocycles. The fraction of sp³-hybridized carbons (Fsp3) is 0.250. The van der Waals surface area contributed by atoms with Crippen molar-refractivity contribution in [3.05, 3.63) is 52.3 Å². The van der Waals surface area contributed by atoms with E-state index in [1.54, 1.807) is 20.3 Å². The first-order chi connectivity index (χ1) is 10.0. The number of ether oxygens (including phenoxy) is 2. The largest absolute Gasteiger partial charge is 0.493 e. The van der Waals surface area contributed by atoms with Gasteiger partial charge in [0.2, 0.25) is 0 Å². The predicted molar refractivity (Wildman–Crippen MR) is 85.7 cm³/mol. The normalized spacial score (nSPS) is 11.9. The number of rotatable bonds is 5. The summed E-state index contributed by atoms with van der Waals surface area (Å²) in [4.78, 5) is 0. The fourth-order valence-corrected chi connectivity index (χ4v) is 2.80. The van der Waals surface area contributed by atoms with Crippen LogP contribution in [-0.4, -0.2) is 14.2 Å². The van der Waals surface area contributed by atoms with E-state index in [1.165, 1.54) is 12.1 Å². The molecule has 3 nitrogen and oxygen atoms in total. The third-order valence-corrected chi connectivity index (χ3v) is 3.88. The van der Waals surface area contributed by atoms with Gasteiger partial charge < -0.3 is 14.8 Å². The molecule has 0 saturated carbocycles. The first kappa shape index (κ1) is 15.6. The maximum Gasteiger partial charge on any atom is 0.162 e. The average molecular weight is 354 g/mol. The molecule has 5 heteroatoms. The number of halogens is 2. The van der Waals surface area contributed by atoms with Crippen molar-refractivity contribution in [3.63, 3.8) is 0 Å². The molecule has 0 aliphatic heterocycles. The van der Waals surface area contributed by atoms with Crippen LogP contribution in [0.25, 0.3) is 0 Å². The van der Waals surface area contributed by atoms with E-state index in [4.69, 9.17) is 9.47 Å². The molecule has 2 aromatic rings. The molecule has 0 aliphatic carbocycles. The summed E-state index contributed by atoms with van der Waals surface area (Å²) in [7, 11) is 3.20. The van der Waals surface area contributed by atoms with Crippen LogP contribution in [0.5, 0.6) is 11.5 Å². The van der Waals surface area contributed by atoms with E-state index in [-0.39, 0.29) is 11.9 Å². The van der Waals surface area contributed by atoms with Crippen molar-refractivity contribution in [1.82, 2.24) is 0 Å². The third-order valence-electron chi connectivity index (χ3n) is 3.20. The lowest BCUT2D eigenvalue weighted by molar-refractivity contribution is 0.355. The Morgan fingerprint density at radius 3 is 2.38 bits per heavy atom. The maximum absolute atomic E-state index is 13.1. The van der Waals surface area contributed by atoms with Crippen LogP contribution < -0.4 is 14.8 Å². The van der Waals surface area contributed by atoms with Crippen LogP contribution in [0.2, 0.25) is 0 Å². The van der Waals surface area contributed by atoms with Crippen molar-refractivity contribution in [2.75, 3.05) is 19.5 Å². The van der Waals surface area contributed by atoms with Gasteiger partial charge in [-0.05, 0) is 36.8 Å². The summed E-state index contributed by atoms with van der Waals surface area (Å²) in [6.45, 7) is 2.01. The van der Waals surface area contributed by atoms with Gasteiger partial charge in [-0.1, -0.05) is 22.0 Å². The van der Waals surface area contributed by atoms with Gasteiger partial charge in [-0.2, -0.15) is 0 Å². The Morgan fingerprint density at radius 1 is 1.05 bits per heavy atom. The molecule has 2 aromatic carbocycles. The molecule has 1 N–H and O–H groups in total. The van der Waals surface area contributed by atoms with Gasteiger partial charge >= 0.3 is 0 Å². The number of anilines is 1. The lowest BCUT2D eigenvalue weighted by Gasteiger charge is -2.18. The van der Waals surface area contributed by atoms with E-state index in [9.17, 15) is 4.39 Å². The van der Waals surface area contributed by atoms with Crippen LogP contribution in [0.1, 0.15) is 18.5 Å². The Bertz CT molecular complexity index is 634. The molecule has 0 aromatic heterocycles. The van der Waals surface area contributed by atoms with Gasteiger partial charge in [-0.25, -0.2) is 4.39 Å². The van der Waals surface area contributed by atoms with Crippen molar-refractivity contribution < 1.29 is 13.9 Å². The van der Waals surface area contributed by atoms with Gasteiger partial charge in [0.25, 0.3) is 0 Å². The highest BCUT2D eigenvalue weighted by atomic mass is 79.9. The number of hydrogen-bond donors (Lipinski definition) is 1. The zero-order valence-corrected chi connectivity index (χ0v) is 13.7. The minimum absolute atomic E-state index is 0.0121. The van der Waals surface area contributed by atoms with Crippen molar-refractivity contribution in [2.24, 2.45) is 0 Å². The smallest absolute Gasteiger partial charge is 0.162 e. The summed E-state index contributed by atoms with van der Waals surface area (Å²) in [5, 5.41) is 3.36. The summed E-state index contributed by atoms with van der Waals surface area (Å²) in [5.74, 6) is 1.08. The van der Waals surface area contributed by atoms with Gasteiger partial charge in [0.15, 0.2) is 11.5 Å². The second-order valence-electron chi connectivity index (χ2n) is 4.60. The minimum atomic E-state index is -0.260. The van der Waals surface area contributed by atoms with Crippen molar-refractivity contribution in [2.45, 2.75) is 13.0 Å². The van der Waals surface area contributed by atoms with Crippen LogP contribution in [-0.2, 0) is 0 Å². The van der Waals surface area contributed by atoms with Crippen LogP contribution in [0.3, 0.4) is 0 Å². The average Bonchev–Trinajstić information content (AvgIpc) is 2.46. The van der Waals surface area contributed by atoms with Crippen LogP contribution in [0, 0.1) is 5.82 Å². The first-order valence-corrected chi connectivity index (χ1v) is 7.28. The molecule has 0 radical (unpaired) electrons. The van der Waals surface area contributed by atoms with E-state index in [0.29, 0.717) is 11.5 Å².